The van der Waals surface area contributed by atoms with Crippen LogP contribution in [0.4, 0.5) is 0 Å². The number of amides is 2. The van der Waals surface area contributed by atoms with E-state index in [1.54, 1.807) is 17.9 Å². The van der Waals surface area contributed by atoms with Crippen LogP contribution in [0.15, 0.2) is 48.5 Å². The number of hydrogen-bond donors (Lipinski definition) is 1. The number of rotatable bonds is 6. The molecule has 2 aromatic carbocycles. The van der Waals surface area contributed by atoms with Crippen LogP contribution < -0.4 is 5.32 Å². The number of nitrogens with zero attached hydrogens (tertiary/aromatic N) is 1. The van der Waals surface area contributed by atoms with Gasteiger partial charge in [0.25, 0.3) is 0 Å². The summed E-state index contributed by atoms with van der Waals surface area (Å²) in [6.07, 6.45) is 0.151. The molecule has 0 saturated carbocycles. The number of halogens is 1. The van der Waals surface area contributed by atoms with Crippen molar-refractivity contribution in [1.82, 2.24) is 10.2 Å². The first-order chi connectivity index (χ1) is 13.1. The van der Waals surface area contributed by atoms with Gasteiger partial charge >= 0.3 is 0 Å². The minimum Gasteiger partial charge on any atom is -0.350 e. The van der Waals surface area contributed by atoms with E-state index in [-0.39, 0.29) is 23.8 Å². The maximum atomic E-state index is 13.2. The zero-order chi connectivity index (χ0) is 20.9. The summed E-state index contributed by atoms with van der Waals surface area (Å²) in [6, 6.07) is 14.7. The van der Waals surface area contributed by atoms with E-state index >= 15 is 0 Å². The van der Waals surface area contributed by atoms with Crippen molar-refractivity contribution in [3.63, 3.8) is 0 Å². The lowest BCUT2D eigenvalue weighted by atomic mass is 10.1. The van der Waals surface area contributed by atoms with E-state index in [1.807, 2.05) is 70.2 Å². The van der Waals surface area contributed by atoms with E-state index in [0.29, 0.717) is 11.6 Å². The second kappa shape index (κ2) is 9.24. The van der Waals surface area contributed by atoms with Gasteiger partial charge in [0, 0.05) is 17.1 Å². The van der Waals surface area contributed by atoms with Gasteiger partial charge in [0.1, 0.15) is 6.04 Å². The van der Waals surface area contributed by atoms with Crippen LogP contribution in [0, 0.1) is 6.92 Å². The molecule has 1 N–H and O–H groups in total. The molecule has 4 nitrogen and oxygen atoms in total. The number of benzene rings is 2. The Labute approximate surface area is 172 Å². The summed E-state index contributed by atoms with van der Waals surface area (Å²) in [6.45, 7) is 9.91. The Morgan fingerprint density at radius 1 is 1.11 bits per heavy atom. The minimum atomic E-state index is -0.602. The van der Waals surface area contributed by atoms with Crippen molar-refractivity contribution in [2.75, 3.05) is 0 Å². The maximum Gasteiger partial charge on any atom is 0.242 e. The van der Waals surface area contributed by atoms with E-state index in [0.717, 1.165) is 16.7 Å². The molecule has 0 bridgehead atoms. The smallest absolute Gasteiger partial charge is 0.242 e. The molecule has 0 spiro atoms. The predicted molar refractivity (Wildman–Crippen MR) is 114 cm³/mol. The first-order valence-electron chi connectivity index (χ1n) is 9.47. The number of carbonyl (C=O) groups excluding carboxylic acids is 2. The van der Waals surface area contributed by atoms with Crippen LogP contribution in [0.5, 0.6) is 0 Å². The highest BCUT2D eigenvalue weighted by Crippen LogP contribution is 2.19. The van der Waals surface area contributed by atoms with Gasteiger partial charge in [-0.05, 0) is 51.8 Å². The van der Waals surface area contributed by atoms with Crippen LogP contribution in [0.25, 0.3) is 0 Å². The molecule has 0 radical (unpaired) electrons. The monoisotopic (exact) mass is 400 g/mol. The quantitative estimate of drug-likeness (QED) is 0.774. The molecule has 150 valence electrons. The molecular formula is C23H29ClN2O2. The lowest BCUT2D eigenvalue weighted by molar-refractivity contribution is -0.140. The van der Waals surface area contributed by atoms with Crippen LogP contribution in [-0.2, 0) is 22.6 Å². The Bertz CT molecular complexity index is 842. The highest BCUT2D eigenvalue weighted by Gasteiger charge is 2.28. The molecule has 2 aromatic rings. The number of aryl methyl sites for hydroxylation is 1. The van der Waals surface area contributed by atoms with Gasteiger partial charge < -0.3 is 10.2 Å². The van der Waals surface area contributed by atoms with Gasteiger partial charge in [-0.2, -0.15) is 0 Å². The fourth-order valence-electron chi connectivity index (χ4n) is 2.97. The molecule has 0 saturated heterocycles. The van der Waals surface area contributed by atoms with Gasteiger partial charge in [0.05, 0.1) is 6.42 Å². The largest absolute Gasteiger partial charge is 0.350 e. The standard InChI is InChI=1S/C23H29ClN2O2/c1-16-9-8-10-18(13-16)15-26(17(2)22(28)25-23(3,4)5)21(27)14-19-11-6-7-12-20(19)24/h6-13,17H,14-15H2,1-5H3,(H,25,28)/t17-/m0/s1. The van der Waals surface area contributed by atoms with E-state index in [2.05, 4.69) is 5.32 Å². The molecule has 0 aliphatic heterocycles. The molecule has 0 heterocycles. The van der Waals surface area contributed by atoms with E-state index in [9.17, 15) is 9.59 Å². The highest BCUT2D eigenvalue weighted by molar-refractivity contribution is 6.31. The van der Waals surface area contributed by atoms with Crippen molar-refractivity contribution in [3.05, 3.63) is 70.2 Å². The van der Waals surface area contributed by atoms with Crippen LogP contribution in [0.3, 0.4) is 0 Å². The average Bonchev–Trinajstić information content (AvgIpc) is 2.59. The van der Waals surface area contributed by atoms with Gasteiger partial charge in [-0.3, -0.25) is 9.59 Å². The fraction of sp³-hybridized carbons (Fsp3) is 0.391. The van der Waals surface area contributed by atoms with Crippen LogP contribution in [0.1, 0.15) is 44.4 Å². The van der Waals surface area contributed by atoms with Crippen molar-refractivity contribution in [3.8, 4) is 0 Å². The SMILES string of the molecule is Cc1cccc(CN(C(=O)Cc2ccccc2Cl)[C@@H](C)C(=O)NC(C)(C)C)c1. The van der Waals surface area contributed by atoms with E-state index in [1.165, 1.54) is 0 Å². The Hall–Kier alpha value is -2.33. The zero-order valence-electron chi connectivity index (χ0n) is 17.3. The molecule has 0 aliphatic carbocycles. The molecule has 1 atom stereocenters. The summed E-state index contributed by atoms with van der Waals surface area (Å²) in [7, 11) is 0. The Balaban J connectivity index is 2.27. The summed E-state index contributed by atoms with van der Waals surface area (Å²) in [5.41, 5.74) is 2.49. The second-order valence-electron chi connectivity index (χ2n) is 8.19. The van der Waals surface area contributed by atoms with Crippen LogP contribution >= 0.6 is 11.6 Å². The van der Waals surface area contributed by atoms with Crippen LogP contribution in [0.2, 0.25) is 5.02 Å². The number of carbonyl (C=O) groups is 2. The molecule has 0 aromatic heterocycles. The van der Waals surface area contributed by atoms with Gasteiger partial charge in [0.15, 0.2) is 0 Å². The normalized spacial score (nSPS) is 12.4. The molecule has 0 aliphatic rings. The summed E-state index contributed by atoms with van der Waals surface area (Å²) < 4.78 is 0. The van der Waals surface area contributed by atoms with Crippen molar-refractivity contribution in [2.45, 2.75) is 59.2 Å². The summed E-state index contributed by atoms with van der Waals surface area (Å²) in [5.74, 6) is -0.307. The zero-order valence-corrected chi connectivity index (χ0v) is 18.0. The predicted octanol–water partition coefficient (Wildman–Crippen LogP) is 4.52. The molecule has 0 fully saturated rings. The van der Waals surface area contributed by atoms with Gasteiger partial charge in [-0.15, -0.1) is 0 Å². The number of nitrogens with one attached hydrogen (secondary N) is 1. The second-order valence-corrected chi connectivity index (χ2v) is 8.60. The first-order valence-corrected chi connectivity index (χ1v) is 9.85. The Morgan fingerprint density at radius 2 is 1.79 bits per heavy atom. The Morgan fingerprint density at radius 3 is 2.39 bits per heavy atom. The number of hydrogen-bond acceptors (Lipinski definition) is 2. The van der Waals surface area contributed by atoms with Crippen molar-refractivity contribution >= 4 is 23.4 Å². The topological polar surface area (TPSA) is 49.4 Å². The van der Waals surface area contributed by atoms with Crippen molar-refractivity contribution < 1.29 is 9.59 Å². The fourth-order valence-corrected chi connectivity index (χ4v) is 3.17. The van der Waals surface area contributed by atoms with Crippen LogP contribution in [-0.4, -0.2) is 28.3 Å². The molecule has 5 heteroatoms. The first kappa shape index (κ1) is 22.0. The molecular weight excluding hydrogens is 372 g/mol. The van der Waals surface area contributed by atoms with Gasteiger partial charge in [-0.1, -0.05) is 59.6 Å². The molecule has 0 unspecified atom stereocenters. The third kappa shape index (κ3) is 6.38. The molecule has 2 amide bonds. The third-order valence-corrected chi connectivity index (χ3v) is 4.77. The lowest BCUT2D eigenvalue weighted by Crippen LogP contribution is -2.52. The van der Waals surface area contributed by atoms with E-state index in [4.69, 9.17) is 11.6 Å². The minimum absolute atomic E-state index is 0.133. The van der Waals surface area contributed by atoms with Gasteiger partial charge in [-0.25, -0.2) is 0 Å². The Kier molecular flexibility index (Phi) is 7.25. The van der Waals surface area contributed by atoms with E-state index < -0.39 is 6.04 Å². The summed E-state index contributed by atoms with van der Waals surface area (Å²) in [4.78, 5) is 27.5. The van der Waals surface area contributed by atoms with Gasteiger partial charge in [0.2, 0.25) is 11.8 Å². The lowest BCUT2D eigenvalue weighted by Gasteiger charge is -2.31. The average molecular weight is 401 g/mol. The molecule has 2 rings (SSSR count). The maximum absolute atomic E-state index is 13.2. The van der Waals surface area contributed by atoms with Crippen molar-refractivity contribution in [2.24, 2.45) is 0 Å². The molecule has 28 heavy (non-hydrogen) atoms. The van der Waals surface area contributed by atoms with Crippen molar-refractivity contribution in [1.29, 1.82) is 0 Å². The summed E-state index contributed by atoms with van der Waals surface area (Å²) in [5, 5.41) is 3.52. The highest BCUT2D eigenvalue weighted by atomic mass is 35.5. The summed E-state index contributed by atoms with van der Waals surface area (Å²) >= 11 is 6.23. The third-order valence-electron chi connectivity index (χ3n) is 4.40.